The third-order valence-corrected chi connectivity index (χ3v) is 4.04. The number of halogens is 2. The average Bonchev–Trinajstić information content (AvgIpc) is 2.20. The van der Waals surface area contributed by atoms with Crippen LogP contribution in [0, 0.1) is 13.8 Å². The van der Waals surface area contributed by atoms with Crippen molar-refractivity contribution in [2.24, 2.45) is 0 Å². The summed E-state index contributed by atoms with van der Waals surface area (Å²) in [6.45, 7) is 6.44. The largest absolute Gasteiger partial charge is 0.0840 e. The van der Waals surface area contributed by atoms with E-state index in [0.717, 1.165) is 11.4 Å². The third kappa shape index (κ3) is 3.49. The molecule has 1 atom stereocenters. The van der Waals surface area contributed by atoms with Crippen LogP contribution in [0.1, 0.15) is 47.7 Å². The topological polar surface area (TPSA) is 0 Å². The second kappa shape index (κ2) is 5.91. The van der Waals surface area contributed by atoms with Gasteiger partial charge in [0, 0.05) is 9.85 Å². The Bertz CT molecular complexity index is 334. The number of benzene rings is 1. The Morgan fingerprint density at radius 1 is 1.27 bits per heavy atom. The molecular formula is C13H18BrCl. The van der Waals surface area contributed by atoms with Crippen LogP contribution in [0.2, 0.25) is 5.02 Å². The first-order chi connectivity index (χ1) is 7.06. The summed E-state index contributed by atoms with van der Waals surface area (Å²) in [5.41, 5.74) is 3.81. The molecule has 0 saturated heterocycles. The van der Waals surface area contributed by atoms with Crippen molar-refractivity contribution in [1.29, 1.82) is 0 Å². The van der Waals surface area contributed by atoms with Gasteiger partial charge in [-0.25, -0.2) is 0 Å². The molecular weight excluding hydrogens is 272 g/mol. The molecule has 1 aromatic carbocycles. The average molecular weight is 290 g/mol. The minimum Gasteiger partial charge on any atom is -0.0840 e. The lowest BCUT2D eigenvalue weighted by atomic mass is 10.0. The first-order valence-corrected chi connectivity index (χ1v) is 6.76. The molecule has 1 unspecified atom stereocenters. The minimum absolute atomic E-state index is 0.393. The summed E-state index contributed by atoms with van der Waals surface area (Å²) < 4.78 is 0. The van der Waals surface area contributed by atoms with E-state index in [1.807, 2.05) is 0 Å². The van der Waals surface area contributed by atoms with Crippen LogP contribution in [0.25, 0.3) is 0 Å². The van der Waals surface area contributed by atoms with Gasteiger partial charge in [-0.05, 0) is 43.0 Å². The molecule has 0 N–H and O–H groups in total. The number of aryl methyl sites for hydroxylation is 2. The summed E-state index contributed by atoms with van der Waals surface area (Å²) in [5, 5.41) is 0.885. The first kappa shape index (κ1) is 13.1. The smallest absolute Gasteiger partial charge is 0.0452 e. The maximum atomic E-state index is 6.25. The van der Waals surface area contributed by atoms with E-state index in [0.29, 0.717) is 4.83 Å². The molecule has 0 spiro atoms. The third-order valence-electron chi connectivity index (χ3n) is 2.76. The van der Waals surface area contributed by atoms with Gasteiger partial charge in [0.15, 0.2) is 0 Å². The molecule has 0 nitrogen and oxygen atoms in total. The molecule has 15 heavy (non-hydrogen) atoms. The zero-order valence-corrected chi connectivity index (χ0v) is 12.0. The predicted octanol–water partition coefficient (Wildman–Crippen LogP) is 5.58. The lowest BCUT2D eigenvalue weighted by Crippen LogP contribution is -1.94. The van der Waals surface area contributed by atoms with E-state index in [1.54, 1.807) is 0 Å². The van der Waals surface area contributed by atoms with Crippen molar-refractivity contribution in [1.82, 2.24) is 0 Å². The van der Waals surface area contributed by atoms with Gasteiger partial charge in [0.2, 0.25) is 0 Å². The van der Waals surface area contributed by atoms with E-state index in [2.05, 4.69) is 48.8 Å². The molecule has 0 fully saturated rings. The zero-order chi connectivity index (χ0) is 11.4. The summed E-state index contributed by atoms with van der Waals surface area (Å²) in [4.78, 5) is 0.393. The Balaban J connectivity index is 2.88. The second-order valence-electron chi connectivity index (χ2n) is 4.07. The maximum Gasteiger partial charge on any atom is 0.0452 e. The van der Waals surface area contributed by atoms with Crippen molar-refractivity contribution >= 4 is 27.5 Å². The first-order valence-electron chi connectivity index (χ1n) is 5.47. The highest BCUT2D eigenvalue weighted by atomic mass is 79.9. The van der Waals surface area contributed by atoms with Gasteiger partial charge in [-0.3, -0.25) is 0 Å². The Morgan fingerprint density at radius 3 is 2.47 bits per heavy atom. The molecule has 0 aromatic heterocycles. The van der Waals surface area contributed by atoms with Gasteiger partial charge in [0.05, 0.1) is 0 Å². The molecule has 0 heterocycles. The lowest BCUT2D eigenvalue weighted by Gasteiger charge is -2.13. The van der Waals surface area contributed by atoms with Crippen molar-refractivity contribution < 1.29 is 0 Å². The van der Waals surface area contributed by atoms with Gasteiger partial charge in [-0.15, -0.1) is 0 Å². The monoisotopic (exact) mass is 288 g/mol. The van der Waals surface area contributed by atoms with Crippen LogP contribution in [-0.4, -0.2) is 0 Å². The Kier molecular flexibility index (Phi) is 5.14. The summed E-state index contributed by atoms with van der Waals surface area (Å²) in [6, 6.07) is 4.26. The van der Waals surface area contributed by atoms with Crippen LogP contribution in [0.5, 0.6) is 0 Å². The lowest BCUT2D eigenvalue weighted by molar-refractivity contribution is 0.713. The number of unbranched alkanes of at least 4 members (excludes halogenated alkanes) is 1. The fourth-order valence-corrected chi connectivity index (χ4v) is 2.77. The van der Waals surface area contributed by atoms with Crippen molar-refractivity contribution in [3.63, 3.8) is 0 Å². The minimum atomic E-state index is 0.393. The second-order valence-corrected chi connectivity index (χ2v) is 5.58. The highest BCUT2D eigenvalue weighted by molar-refractivity contribution is 9.09. The number of hydrogen-bond donors (Lipinski definition) is 0. The molecule has 84 valence electrons. The van der Waals surface area contributed by atoms with Crippen LogP contribution in [0.3, 0.4) is 0 Å². The number of hydrogen-bond acceptors (Lipinski definition) is 0. The van der Waals surface area contributed by atoms with Crippen LogP contribution in [0.15, 0.2) is 12.1 Å². The molecule has 0 bridgehead atoms. The summed E-state index contributed by atoms with van der Waals surface area (Å²) in [7, 11) is 0. The fourth-order valence-electron chi connectivity index (χ4n) is 1.58. The van der Waals surface area contributed by atoms with E-state index in [4.69, 9.17) is 11.6 Å². The number of alkyl halides is 1. The summed E-state index contributed by atoms with van der Waals surface area (Å²) in [5.74, 6) is 0. The van der Waals surface area contributed by atoms with E-state index >= 15 is 0 Å². The van der Waals surface area contributed by atoms with E-state index in [-0.39, 0.29) is 0 Å². The molecule has 0 aliphatic carbocycles. The predicted molar refractivity (Wildman–Crippen MR) is 72.1 cm³/mol. The van der Waals surface area contributed by atoms with E-state index in [9.17, 15) is 0 Å². The Hall–Kier alpha value is -0.0100. The molecule has 1 rings (SSSR count). The number of rotatable bonds is 4. The van der Waals surface area contributed by atoms with Crippen LogP contribution in [-0.2, 0) is 0 Å². The Labute approximate surface area is 106 Å². The van der Waals surface area contributed by atoms with Gasteiger partial charge in [-0.1, -0.05) is 53.4 Å². The van der Waals surface area contributed by atoms with Crippen LogP contribution in [0.4, 0.5) is 0 Å². The summed E-state index contributed by atoms with van der Waals surface area (Å²) in [6.07, 6.45) is 3.61. The fraction of sp³-hybridized carbons (Fsp3) is 0.538. The van der Waals surface area contributed by atoms with Crippen molar-refractivity contribution in [2.45, 2.75) is 44.9 Å². The summed E-state index contributed by atoms with van der Waals surface area (Å²) >= 11 is 9.96. The molecule has 0 aliphatic rings. The van der Waals surface area contributed by atoms with Crippen molar-refractivity contribution in [3.05, 3.63) is 33.8 Å². The molecule has 0 radical (unpaired) electrons. The van der Waals surface area contributed by atoms with Crippen LogP contribution < -0.4 is 0 Å². The van der Waals surface area contributed by atoms with Gasteiger partial charge < -0.3 is 0 Å². The molecule has 0 aliphatic heterocycles. The SMILES string of the molecule is CCCCC(Br)c1cc(C)c(C)cc1Cl. The molecule has 0 amide bonds. The van der Waals surface area contributed by atoms with Gasteiger partial charge >= 0.3 is 0 Å². The normalized spacial score (nSPS) is 12.9. The zero-order valence-electron chi connectivity index (χ0n) is 9.61. The van der Waals surface area contributed by atoms with Gasteiger partial charge in [0.1, 0.15) is 0 Å². The quantitative estimate of drug-likeness (QED) is 0.634. The van der Waals surface area contributed by atoms with Gasteiger partial charge in [-0.2, -0.15) is 0 Å². The van der Waals surface area contributed by atoms with Crippen molar-refractivity contribution in [2.75, 3.05) is 0 Å². The van der Waals surface area contributed by atoms with E-state index in [1.165, 1.54) is 29.5 Å². The molecule has 2 heteroatoms. The Morgan fingerprint density at radius 2 is 1.87 bits per heavy atom. The molecule has 1 aromatic rings. The van der Waals surface area contributed by atoms with Gasteiger partial charge in [0.25, 0.3) is 0 Å². The molecule has 0 saturated carbocycles. The highest BCUT2D eigenvalue weighted by Crippen LogP contribution is 2.34. The highest BCUT2D eigenvalue weighted by Gasteiger charge is 2.12. The maximum absolute atomic E-state index is 6.25. The van der Waals surface area contributed by atoms with E-state index < -0.39 is 0 Å². The van der Waals surface area contributed by atoms with Crippen LogP contribution >= 0.6 is 27.5 Å². The standard InChI is InChI=1S/C13H18BrCl/c1-4-5-6-12(14)11-7-9(2)10(3)8-13(11)15/h7-8,12H,4-6H2,1-3H3. The van der Waals surface area contributed by atoms with Crippen molar-refractivity contribution in [3.8, 4) is 0 Å².